The van der Waals surface area contributed by atoms with E-state index in [9.17, 15) is 4.39 Å². The molecular weight excluding hydrogens is 181 g/mol. The number of anilines is 1. The minimum absolute atomic E-state index is 0.311. The molecule has 3 N–H and O–H groups in total. The van der Waals surface area contributed by atoms with Crippen LogP contribution in [-0.4, -0.2) is 4.98 Å². The summed E-state index contributed by atoms with van der Waals surface area (Å²) in [5, 5.41) is 0.739. The molecule has 1 aromatic heterocycles. The molecule has 0 unspecified atom stereocenters. The third-order valence-corrected chi connectivity index (χ3v) is 2.14. The Kier molecular flexibility index (Phi) is 2.05. The van der Waals surface area contributed by atoms with Gasteiger partial charge in [-0.3, -0.25) is 5.84 Å². The normalized spacial score (nSPS) is 10.5. The van der Waals surface area contributed by atoms with Gasteiger partial charge in [0, 0.05) is 5.39 Å². The van der Waals surface area contributed by atoms with Crippen molar-refractivity contribution in [3.8, 4) is 0 Å². The lowest BCUT2D eigenvalue weighted by Gasteiger charge is -2.06. The number of halogens is 1. The summed E-state index contributed by atoms with van der Waals surface area (Å²) in [5.74, 6) is 4.99. The molecule has 0 aliphatic heterocycles. The third-order valence-electron chi connectivity index (χ3n) is 2.14. The van der Waals surface area contributed by atoms with Crippen molar-refractivity contribution >= 4 is 16.6 Å². The zero-order valence-corrected chi connectivity index (χ0v) is 7.71. The van der Waals surface area contributed by atoms with Gasteiger partial charge in [-0.15, -0.1) is 0 Å². The number of benzene rings is 1. The minimum Gasteiger partial charge on any atom is -0.322 e. The summed E-state index contributed by atoms with van der Waals surface area (Å²) >= 11 is 0. The molecule has 1 aromatic carbocycles. The fourth-order valence-electron chi connectivity index (χ4n) is 1.40. The Hall–Kier alpha value is -1.68. The number of aromatic nitrogens is 1. The van der Waals surface area contributed by atoms with Crippen molar-refractivity contribution < 1.29 is 4.39 Å². The highest BCUT2D eigenvalue weighted by Gasteiger charge is 2.05. The lowest BCUT2D eigenvalue weighted by molar-refractivity contribution is 0.636. The maximum absolute atomic E-state index is 13.3. The molecule has 0 fully saturated rings. The second-order valence-electron chi connectivity index (χ2n) is 3.08. The topological polar surface area (TPSA) is 50.9 Å². The highest BCUT2D eigenvalue weighted by Crippen LogP contribution is 2.21. The summed E-state index contributed by atoms with van der Waals surface area (Å²) in [7, 11) is 0. The SMILES string of the molecule is Cc1nc2c(F)cccc2cc1NN. The number of aryl methyl sites for hydroxylation is 1. The van der Waals surface area contributed by atoms with Gasteiger partial charge in [-0.2, -0.15) is 0 Å². The van der Waals surface area contributed by atoms with Gasteiger partial charge in [0.05, 0.1) is 11.4 Å². The van der Waals surface area contributed by atoms with Crippen LogP contribution in [0.2, 0.25) is 0 Å². The van der Waals surface area contributed by atoms with Gasteiger partial charge >= 0.3 is 0 Å². The van der Waals surface area contributed by atoms with Crippen LogP contribution >= 0.6 is 0 Å². The van der Waals surface area contributed by atoms with Gasteiger partial charge in [-0.05, 0) is 19.1 Å². The Labute approximate surface area is 80.7 Å². The van der Waals surface area contributed by atoms with E-state index in [2.05, 4.69) is 10.4 Å². The number of nitrogens with one attached hydrogen (secondary N) is 1. The zero-order chi connectivity index (χ0) is 10.1. The Morgan fingerprint density at radius 1 is 1.43 bits per heavy atom. The largest absolute Gasteiger partial charge is 0.322 e. The van der Waals surface area contributed by atoms with E-state index < -0.39 is 0 Å². The molecule has 0 bridgehead atoms. The summed E-state index contributed by atoms with van der Waals surface area (Å²) in [6, 6.07) is 6.62. The number of pyridine rings is 1. The predicted molar refractivity (Wildman–Crippen MR) is 54.2 cm³/mol. The monoisotopic (exact) mass is 191 g/mol. The Morgan fingerprint density at radius 3 is 2.93 bits per heavy atom. The van der Waals surface area contributed by atoms with E-state index in [-0.39, 0.29) is 5.82 Å². The van der Waals surface area contributed by atoms with Crippen molar-refractivity contribution in [1.82, 2.24) is 4.98 Å². The van der Waals surface area contributed by atoms with E-state index >= 15 is 0 Å². The molecule has 2 rings (SSSR count). The van der Waals surface area contributed by atoms with Gasteiger partial charge in [0.2, 0.25) is 0 Å². The average Bonchev–Trinajstić information content (AvgIpc) is 2.19. The maximum atomic E-state index is 13.3. The van der Waals surface area contributed by atoms with E-state index in [1.54, 1.807) is 25.1 Å². The summed E-state index contributed by atoms with van der Waals surface area (Å²) in [5.41, 5.74) is 4.30. The second kappa shape index (κ2) is 3.23. The maximum Gasteiger partial charge on any atom is 0.149 e. The van der Waals surface area contributed by atoms with E-state index in [1.807, 2.05) is 0 Å². The number of hydrogen-bond acceptors (Lipinski definition) is 3. The van der Waals surface area contributed by atoms with E-state index in [1.165, 1.54) is 6.07 Å². The molecule has 2 aromatic rings. The quantitative estimate of drug-likeness (QED) is 0.535. The fraction of sp³-hybridized carbons (Fsp3) is 0.100. The molecule has 0 radical (unpaired) electrons. The lowest BCUT2D eigenvalue weighted by atomic mass is 10.2. The van der Waals surface area contributed by atoms with Gasteiger partial charge in [0.1, 0.15) is 11.3 Å². The zero-order valence-electron chi connectivity index (χ0n) is 7.71. The molecule has 0 amide bonds. The van der Waals surface area contributed by atoms with Gasteiger partial charge in [0.15, 0.2) is 0 Å². The van der Waals surface area contributed by atoms with E-state index in [4.69, 9.17) is 5.84 Å². The van der Waals surface area contributed by atoms with Crippen LogP contribution in [0.1, 0.15) is 5.69 Å². The summed E-state index contributed by atoms with van der Waals surface area (Å²) in [6.45, 7) is 1.78. The number of para-hydroxylation sites is 1. The predicted octanol–water partition coefficient (Wildman–Crippen LogP) is 1.97. The third kappa shape index (κ3) is 1.29. The van der Waals surface area contributed by atoms with Crippen molar-refractivity contribution in [1.29, 1.82) is 0 Å². The van der Waals surface area contributed by atoms with Gasteiger partial charge in [-0.1, -0.05) is 12.1 Å². The molecule has 0 aliphatic carbocycles. The van der Waals surface area contributed by atoms with Crippen molar-refractivity contribution in [3.63, 3.8) is 0 Å². The van der Waals surface area contributed by atoms with Gasteiger partial charge in [-0.25, -0.2) is 9.37 Å². The van der Waals surface area contributed by atoms with Crippen molar-refractivity contribution in [2.45, 2.75) is 6.92 Å². The van der Waals surface area contributed by atoms with Crippen LogP contribution in [-0.2, 0) is 0 Å². The van der Waals surface area contributed by atoms with Crippen molar-refractivity contribution in [3.05, 3.63) is 35.8 Å². The van der Waals surface area contributed by atoms with Crippen LogP contribution in [0, 0.1) is 12.7 Å². The first-order chi connectivity index (χ1) is 6.72. The van der Waals surface area contributed by atoms with Gasteiger partial charge in [0.25, 0.3) is 0 Å². The van der Waals surface area contributed by atoms with Crippen LogP contribution in [0.15, 0.2) is 24.3 Å². The van der Waals surface area contributed by atoms with Crippen LogP contribution in [0.5, 0.6) is 0 Å². The lowest BCUT2D eigenvalue weighted by Crippen LogP contribution is -2.09. The fourth-order valence-corrected chi connectivity index (χ4v) is 1.40. The summed E-state index contributed by atoms with van der Waals surface area (Å²) < 4.78 is 13.3. The van der Waals surface area contributed by atoms with Crippen LogP contribution in [0.25, 0.3) is 10.9 Å². The average molecular weight is 191 g/mol. The molecular formula is C10H10FN3. The summed E-state index contributed by atoms with van der Waals surface area (Å²) in [4.78, 5) is 4.13. The smallest absolute Gasteiger partial charge is 0.149 e. The number of hydrazine groups is 1. The second-order valence-corrected chi connectivity index (χ2v) is 3.08. The number of nitrogens with zero attached hydrogens (tertiary/aromatic N) is 1. The molecule has 0 spiro atoms. The first kappa shape index (κ1) is 8.90. The summed E-state index contributed by atoms with van der Waals surface area (Å²) in [6.07, 6.45) is 0. The van der Waals surface area contributed by atoms with Crippen molar-refractivity contribution in [2.24, 2.45) is 5.84 Å². The molecule has 72 valence electrons. The number of nitrogens with two attached hydrogens (primary N) is 1. The highest BCUT2D eigenvalue weighted by molar-refractivity contribution is 5.83. The Morgan fingerprint density at radius 2 is 2.21 bits per heavy atom. The number of rotatable bonds is 1. The van der Waals surface area contributed by atoms with Crippen LogP contribution in [0.4, 0.5) is 10.1 Å². The van der Waals surface area contributed by atoms with E-state index in [0.29, 0.717) is 16.9 Å². The minimum atomic E-state index is -0.311. The van der Waals surface area contributed by atoms with Crippen LogP contribution < -0.4 is 11.3 Å². The van der Waals surface area contributed by atoms with Gasteiger partial charge < -0.3 is 5.43 Å². The molecule has 3 nitrogen and oxygen atoms in total. The molecule has 0 saturated carbocycles. The number of nitrogen functional groups attached to an aromatic ring is 1. The standard InChI is InChI=1S/C10H10FN3/c1-6-9(14-12)5-7-3-2-4-8(11)10(7)13-6/h2-5,14H,12H2,1H3. The molecule has 1 heterocycles. The van der Waals surface area contributed by atoms with E-state index in [0.717, 1.165) is 5.39 Å². The molecule has 0 atom stereocenters. The number of hydrogen-bond donors (Lipinski definition) is 2. The Bertz CT molecular complexity index is 482. The van der Waals surface area contributed by atoms with Crippen molar-refractivity contribution in [2.75, 3.05) is 5.43 Å². The van der Waals surface area contributed by atoms with Crippen LogP contribution in [0.3, 0.4) is 0 Å². The highest BCUT2D eigenvalue weighted by atomic mass is 19.1. The molecule has 0 saturated heterocycles. The number of fused-ring (bicyclic) bond motifs is 1. The first-order valence-corrected chi connectivity index (χ1v) is 4.25. The Balaban J connectivity index is 2.79. The molecule has 14 heavy (non-hydrogen) atoms. The molecule has 4 heteroatoms. The molecule has 0 aliphatic rings. The first-order valence-electron chi connectivity index (χ1n) is 4.25.